The molecule has 0 unspecified atom stereocenters. The minimum atomic E-state index is -0.139. The molecule has 1 amide bonds. The largest absolute Gasteiger partial charge is 0.482 e. The predicted molar refractivity (Wildman–Crippen MR) is 78.5 cm³/mol. The van der Waals surface area contributed by atoms with Gasteiger partial charge in [-0.1, -0.05) is 42.5 Å². The highest BCUT2D eigenvalue weighted by Gasteiger charge is 2.11. The molecule has 0 aliphatic carbocycles. The molecular formula is C15H14BrNO2. The number of hydrogen-bond donors (Lipinski definition) is 1. The second-order valence-electron chi connectivity index (χ2n) is 3.92. The number of amides is 1. The molecule has 2 aromatic carbocycles. The Morgan fingerprint density at radius 2 is 1.74 bits per heavy atom. The van der Waals surface area contributed by atoms with Gasteiger partial charge in [-0.25, -0.2) is 0 Å². The second kappa shape index (κ2) is 6.95. The maximum absolute atomic E-state index is 12.1. The van der Waals surface area contributed by atoms with Gasteiger partial charge >= 0.3 is 0 Å². The van der Waals surface area contributed by atoms with E-state index in [2.05, 4.69) is 21.2 Å². The second-order valence-corrected chi connectivity index (χ2v) is 4.38. The number of benzene rings is 2. The third-order valence-electron chi connectivity index (χ3n) is 2.64. The molecule has 0 heterocycles. The maximum atomic E-state index is 12.1. The van der Waals surface area contributed by atoms with Gasteiger partial charge in [-0.3, -0.25) is 4.79 Å². The molecule has 0 aliphatic heterocycles. The molecule has 2 rings (SSSR count). The van der Waals surface area contributed by atoms with Crippen LogP contribution in [0.3, 0.4) is 0 Å². The Morgan fingerprint density at radius 3 is 2.47 bits per heavy atom. The first-order valence-electron chi connectivity index (χ1n) is 5.91. The van der Waals surface area contributed by atoms with E-state index < -0.39 is 0 Å². The number of nitrogens with one attached hydrogen (secondary N) is 1. The summed E-state index contributed by atoms with van der Waals surface area (Å²) in [5, 5.41) is 2.88. The first kappa shape index (κ1) is 13.6. The summed E-state index contributed by atoms with van der Waals surface area (Å²) in [5.41, 5.74) is 1.96. The first-order valence-corrected chi connectivity index (χ1v) is 7.03. The van der Waals surface area contributed by atoms with E-state index in [1.54, 1.807) is 12.1 Å². The monoisotopic (exact) mass is 319 g/mol. The zero-order valence-corrected chi connectivity index (χ0v) is 11.9. The van der Waals surface area contributed by atoms with Gasteiger partial charge in [0.15, 0.2) is 0 Å². The van der Waals surface area contributed by atoms with Gasteiger partial charge in [0.2, 0.25) is 0 Å². The fourth-order valence-corrected chi connectivity index (χ4v) is 1.96. The molecule has 0 saturated heterocycles. The maximum Gasteiger partial charge on any atom is 0.255 e. The lowest BCUT2D eigenvalue weighted by molar-refractivity contribution is 0.0947. The zero-order valence-electron chi connectivity index (χ0n) is 10.3. The molecule has 0 fully saturated rings. The fraction of sp³-hybridized carbons (Fsp3) is 0.133. The molecule has 4 heteroatoms. The SMILES string of the molecule is O=C(NCc1ccccc1)c1ccccc1OCBr. The van der Waals surface area contributed by atoms with Gasteiger partial charge in [0.1, 0.15) is 11.3 Å². The van der Waals surface area contributed by atoms with Crippen LogP contribution in [0.25, 0.3) is 0 Å². The Hall–Kier alpha value is -1.81. The molecular weight excluding hydrogens is 306 g/mol. The van der Waals surface area contributed by atoms with E-state index in [9.17, 15) is 4.79 Å². The van der Waals surface area contributed by atoms with E-state index in [0.29, 0.717) is 23.4 Å². The lowest BCUT2D eigenvalue weighted by atomic mass is 10.1. The predicted octanol–water partition coefficient (Wildman–Crippen LogP) is 3.35. The topological polar surface area (TPSA) is 38.3 Å². The number of ether oxygens (including phenoxy) is 1. The molecule has 19 heavy (non-hydrogen) atoms. The van der Waals surface area contributed by atoms with E-state index in [4.69, 9.17) is 4.74 Å². The van der Waals surface area contributed by atoms with Gasteiger partial charge in [-0.2, -0.15) is 0 Å². The van der Waals surface area contributed by atoms with E-state index >= 15 is 0 Å². The van der Waals surface area contributed by atoms with Crippen LogP contribution < -0.4 is 10.1 Å². The van der Waals surface area contributed by atoms with Crippen molar-refractivity contribution in [2.45, 2.75) is 6.54 Å². The number of hydrogen-bond acceptors (Lipinski definition) is 2. The van der Waals surface area contributed by atoms with Crippen LogP contribution in [-0.4, -0.2) is 11.4 Å². The number of para-hydroxylation sites is 1. The van der Waals surface area contributed by atoms with Gasteiger partial charge in [-0.05, 0) is 33.6 Å². The molecule has 3 nitrogen and oxygen atoms in total. The molecule has 0 aliphatic rings. The van der Waals surface area contributed by atoms with Crippen LogP contribution in [0.2, 0.25) is 0 Å². The van der Waals surface area contributed by atoms with E-state index in [0.717, 1.165) is 5.56 Å². The van der Waals surface area contributed by atoms with Crippen molar-refractivity contribution in [2.75, 3.05) is 5.52 Å². The third-order valence-corrected chi connectivity index (χ3v) is 2.87. The fourth-order valence-electron chi connectivity index (χ4n) is 1.71. The highest BCUT2D eigenvalue weighted by molar-refractivity contribution is 9.09. The Balaban J connectivity index is 2.04. The summed E-state index contributed by atoms with van der Waals surface area (Å²) in [7, 11) is 0. The van der Waals surface area contributed by atoms with Crippen LogP contribution in [0, 0.1) is 0 Å². The summed E-state index contributed by atoms with van der Waals surface area (Å²) in [6, 6.07) is 17.0. The highest BCUT2D eigenvalue weighted by atomic mass is 79.9. The van der Waals surface area contributed by atoms with Crippen molar-refractivity contribution in [3.63, 3.8) is 0 Å². The third kappa shape index (κ3) is 3.83. The molecule has 0 bridgehead atoms. The van der Waals surface area contributed by atoms with Crippen LogP contribution in [-0.2, 0) is 6.54 Å². The Labute approximate surface area is 120 Å². The minimum Gasteiger partial charge on any atom is -0.482 e. The molecule has 0 spiro atoms. The summed E-state index contributed by atoms with van der Waals surface area (Å²) in [5.74, 6) is 0.435. The number of carbonyl (C=O) groups is 1. The van der Waals surface area contributed by atoms with Crippen molar-refractivity contribution in [2.24, 2.45) is 0 Å². The van der Waals surface area contributed by atoms with Crippen LogP contribution in [0.4, 0.5) is 0 Å². The van der Waals surface area contributed by atoms with Crippen molar-refractivity contribution in [3.8, 4) is 5.75 Å². The van der Waals surface area contributed by atoms with Gasteiger partial charge in [-0.15, -0.1) is 0 Å². The van der Waals surface area contributed by atoms with E-state index in [-0.39, 0.29) is 5.91 Å². The molecule has 98 valence electrons. The van der Waals surface area contributed by atoms with E-state index in [1.807, 2.05) is 42.5 Å². The van der Waals surface area contributed by atoms with Crippen molar-refractivity contribution < 1.29 is 9.53 Å². The average Bonchev–Trinajstić information content (AvgIpc) is 2.47. The zero-order chi connectivity index (χ0) is 13.5. The van der Waals surface area contributed by atoms with Crippen LogP contribution >= 0.6 is 15.9 Å². The molecule has 0 saturated carbocycles. The summed E-state index contributed by atoms with van der Waals surface area (Å²) in [6.07, 6.45) is 0. The molecule has 2 aromatic rings. The normalized spacial score (nSPS) is 9.95. The van der Waals surface area contributed by atoms with Crippen molar-refractivity contribution in [1.82, 2.24) is 5.32 Å². The van der Waals surface area contributed by atoms with Gasteiger partial charge in [0.25, 0.3) is 5.91 Å². The number of halogens is 1. The van der Waals surface area contributed by atoms with Crippen LogP contribution in [0.1, 0.15) is 15.9 Å². The minimum absolute atomic E-state index is 0.139. The van der Waals surface area contributed by atoms with Gasteiger partial charge < -0.3 is 10.1 Å². The average molecular weight is 320 g/mol. The quantitative estimate of drug-likeness (QED) is 0.858. The van der Waals surface area contributed by atoms with Crippen LogP contribution in [0.5, 0.6) is 5.75 Å². The van der Waals surface area contributed by atoms with Crippen molar-refractivity contribution in [3.05, 3.63) is 65.7 Å². The van der Waals surface area contributed by atoms with Crippen molar-refractivity contribution >= 4 is 21.8 Å². The van der Waals surface area contributed by atoms with E-state index in [1.165, 1.54) is 0 Å². The number of carbonyl (C=O) groups excluding carboxylic acids is 1. The molecule has 1 N–H and O–H groups in total. The molecule has 0 aromatic heterocycles. The summed E-state index contributed by atoms with van der Waals surface area (Å²) >= 11 is 3.19. The smallest absolute Gasteiger partial charge is 0.255 e. The lowest BCUT2D eigenvalue weighted by Gasteiger charge is -2.10. The Kier molecular flexibility index (Phi) is 4.98. The number of alkyl halides is 1. The highest BCUT2D eigenvalue weighted by Crippen LogP contribution is 2.18. The Morgan fingerprint density at radius 1 is 1.05 bits per heavy atom. The van der Waals surface area contributed by atoms with Crippen LogP contribution in [0.15, 0.2) is 54.6 Å². The first-order chi connectivity index (χ1) is 9.31. The van der Waals surface area contributed by atoms with Crippen molar-refractivity contribution in [1.29, 1.82) is 0 Å². The standard InChI is InChI=1S/C15H14BrNO2/c16-11-19-14-9-5-4-8-13(14)15(18)17-10-12-6-2-1-3-7-12/h1-9H,10-11H2,(H,17,18). The van der Waals surface area contributed by atoms with Gasteiger partial charge in [0.05, 0.1) is 5.56 Å². The molecule has 0 atom stereocenters. The number of rotatable bonds is 5. The lowest BCUT2D eigenvalue weighted by Crippen LogP contribution is -2.23. The Bertz CT molecular complexity index is 543. The van der Waals surface area contributed by atoms with Gasteiger partial charge in [0, 0.05) is 6.54 Å². The molecule has 0 radical (unpaired) electrons. The summed E-state index contributed by atoms with van der Waals surface area (Å²) in [6.45, 7) is 0.502. The summed E-state index contributed by atoms with van der Waals surface area (Å²) in [4.78, 5) is 12.1. The summed E-state index contributed by atoms with van der Waals surface area (Å²) < 4.78 is 5.37.